The summed E-state index contributed by atoms with van der Waals surface area (Å²) in [6.07, 6.45) is 1.75. The molecule has 146 valence electrons. The summed E-state index contributed by atoms with van der Waals surface area (Å²) in [6.45, 7) is 5.73. The Hall–Kier alpha value is -2.05. The Bertz CT molecular complexity index is 911. The third kappa shape index (κ3) is 5.71. The Morgan fingerprint density at radius 3 is 2.37 bits per heavy atom. The van der Waals surface area contributed by atoms with E-state index in [-0.39, 0.29) is 5.91 Å². The molecule has 2 aromatic carbocycles. The minimum absolute atomic E-state index is 0.338. The number of carbonyl (C=O) groups is 1. The van der Waals surface area contributed by atoms with Crippen LogP contribution in [0.1, 0.15) is 23.6 Å². The van der Waals surface area contributed by atoms with E-state index in [1.165, 1.54) is 4.31 Å². The van der Waals surface area contributed by atoms with Crippen molar-refractivity contribution in [2.24, 2.45) is 0 Å². The number of nitrogens with zero attached hydrogens (tertiary/aromatic N) is 1. The highest BCUT2D eigenvalue weighted by Gasteiger charge is 2.30. The van der Waals surface area contributed by atoms with Crippen LogP contribution in [0.5, 0.6) is 0 Å². The SMILES string of the molecule is Cc1ccc(C)c(N([C@@H](C)C(=O)NCCc2ccc(Cl)cc2)S(C)(=O)=O)c1. The molecular weight excluding hydrogens is 384 g/mol. The van der Waals surface area contributed by atoms with Crippen molar-refractivity contribution in [1.29, 1.82) is 0 Å². The van der Waals surface area contributed by atoms with Crippen molar-refractivity contribution in [3.05, 3.63) is 64.2 Å². The molecule has 0 aliphatic heterocycles. The molecule has 0 unspecified atom stereocenters. The highest BCUT2D eigenvalue weighted by Crippen LogP contribution is 2.26. The predicted octanol–water partition coefficient (Wildman–Crippen LogP) is 3.47. The normalized spacial score (nSPS) is 12.5. The third-order valence-corrected chi connectivity index (χ3v) is 5.80. The van der Waals surface area contributed by atoms with Crippen LogP contribution in [0.4, 0.5) is 5.69 Å². The summed E-state index contributed by atoms with van der Waals surface area (Å²) < 4.78 is 26.0. The highest BCUT2D eigenvalue weighted by molar-refractivity contribution is 7.92. The topological polar surface area (TPSA) is 66.5 Å². The number of aryl methyl sites for hydroxylation is 2. The van der Waals surface area contributed by atoms with Crippen LogP contribution in [0.3, 0.4) is 0 Å². The van der Waals surface area contributed by atoms with Crippen molar-refractivity contribution in [2.75, 3.05) is 17.1 Å². The van der Waals surface area contributed by atoms with Gasteiger partial charge in [0.05, 0.1) is 11.9 Å². The Labute approximate surface area is 166 Å². The number of amides is 1. The maximum Gasteiger partial charge on any atom is 0.243 e. The van der Waals surface area contributed by atoms with Crippen LogP contribution in [0, 0.1) is 13.8 Å². The number of nitrogens with one attached hydrogen (secondary N) is 1. The smallest absolute Gasteiger partial charge is 0.243 e. The first-order valence-corrected chi connectivity index (χ1v) is 10.9. The lowest BCUT2D eigenvalue weighted by Crippen LogP contribution is -2.48. The summed E-state index contributed by atoms with van der Waals surface area (Å²) in [5, 5.41) is 3.48. The summed E-state index contributed by atoms with van der Waals surface area (Å²) >= 11 is 5.87. The molecule has 1 amide bonds. The molecule has 27 heavy (non-hydrogen) atoms. The fourth-order valence-corrected chi connectivity index (χ4v) is 4.22. The highest BCUT2D eigenvalue weighted by atomic mass is 35.5. The molecule has 0 heterocycles. The minimum Gasteiger partial charge on any atom is -0.354 e. The lowest BCUT2D eigenvalue weighted by Gasteiger charge is -2.29. The van der Waals surface area contributed by atoms with Gasteiger partial charge in [0.15, 0.2) is 0 Å². The van der Waals surface area contributed by atoms with Gasteiger partial charge >= 0.3 is 0 Å². The number of anilines is 1. The summed E-state index contributed by atoms with van der Waals surface area (Å²) in [6, 6.07) is 12.1. The molecule has 0 spiro atoms. The fourth-order valence-electron chi connectivity index (χ4n) is 2.87. The van der Waals surface area contributed by atoms with E-state index in [4.69, 9.17) is 11.6 Å². The molecule has 2 rings (SSSR count). The van der Waals surface area contributed by atoms with Crippen LogP contribution in [0.15, 0.2) is 42.5 Å². The average molecular weight is 409 g/mol. The van der Waals surface area contributed by atoms with Gasteiger partial charge in [0.1, 0.15) is 6.04 Å². The van der Waals surface area contributed by atoms with E-state index in [0.29, 0.717) is 23.7 Å². The predicted molar refractivity (Wildman–Crippen MR) is 111 cm³/mol. The largest absolute Gasteiger partial charge is 0.354 e. The molecule has 0 saturated carbocycles. The molecule has 0 bridgehead atoms. The zero-order valence-corrected chi connectivity index (χ0v) is 17.6. The average Bonchev–Trinajstić information content (AvgIpc) is 2.58. The molecule has 0 aliphatic rings. The van der Waals surface area contributed by atoms with Gasteiger partial charge in [0.25, 0.3) is 0 Å². The zero-order valence-electron chi connectivity index (χ0n) is 16.0. The molecule has 5 nitrogen and oxygen atoms in total. The summed E-state index contributed by atoms with van der Waals surface area (Å²) in [5.74, 6) is -0.338. The number of hydrogen-bond donors (Lipinski definition) is 1. The number of carbonyl (C=O) groups excluding carboxylic acids is 1. The Balaban J connectivity index is 2.13. The van der Waals surface area contributed by atoms with E-state index in [0.717, 1.165) is 22.9 Å². The number of hydrogen-bond acceptors (Lipinski definition) is 3. The van der Waals surface area contributed by atoms with Gasteiger partial charge in [-0.2, -0.15) is 0 Å². The summed E-state index contributed by atoms with van der Waals surface area (Å²) in [7, 11) is -3.63. The Kier molecular flexibility index (Phi) is 6.89. The first-order valence-electron chi connectivity index (χ1n) is 8.68. The van der Waals surface area contributed by atoms with Gasteiger partial charge in [0, 0.05) is 11.6 Å². The van der Waals surface area contributed by atoms with Gasteiger partial charge in [-0.1, -0.05) is 35.9 Å². The lowest BCUT2D eigenvalue weighted by atomic mass is 10.1. The molecular formula is C20H25ClN2O3S. The fraction of sp³-hybridized carbons (Fsp3) is 0.350. The van der Waals surface area contributed by atoms with E-state index in [1.807, 2.05) is 38.1 Å². The Morgan fingerprint density at radius 1 is 1.15 bits per heavy atom. The van der Waals surface area contributed by atoms with E-state index in [1.54, 1.807) is 25.1 Å². The quantitative estimate of drug-likeness (QED) is 0.762. The van der Waals surface area contributed by atoms with Crippen molar-refractivity contribution in [1.82, 2.24) is 5.32 Å². The van der Waals surface area contributed by atoms with Gasteiger partial charge in [-0.3, -0.25) is 9.10 Å². The molecule has 0 saturated heterocycles. The third-order valence-electron chi connectivity index (χ3n) is 4.32. The van der Waals surface area contributed by atoms with Gasteiger partial charge in [0.2, 0.25) is 15.9 Å². The minimum atomic E-state index is -3.63. The molecule has 7 heteroatoms. The van der Waals surface area contributed by atoms with E-state index >= 15 is 0 Å². The van der Waals surface area contributed by atoms with Crippen molar-refractivity contribution >= 4 is 33.2 Å². The first kappa shape index (κ1) is 21.3. The van der Waals surface area contributed by atoms with Crippen molar-refractivity contribution in [2.45, 2.75) is 33.2 Å². The first-order chi connectivity index (χ1) is 12.6. The summed E-state index contributed by atoms with van der Waals surface area (Å²) in [5.41, 5.74) is 3.30. The second kappa shape index (κ2) is 8.76. The second-order valence-electron chi connectivity index (χ2n) is 6.69. The van der Waals surface area contributed by atoms with E-state index in [2.05, 4.69) is 5.32 Å². The van der Waals surface area contributed by atoms with Crippen molar-refractivity contribution in [3.63, 3.8) is 0 Å². The number of rotatable bonds is 7. The standard InChI is InChI=1S/C20H25ClN2O3S/c1-14-5-6-15(2)19(13-14)23(27(4,25)26)16(3)20(24)22-12-11-17-7-9-18(21)10-8-17/h5-10,13,16H,11-12H2,1-4H3,(H,22,24)/t16-/m0/s1. The van der Waals surface area contributed by atoms with Crippen LogP contribution >= 0.6 is 11.6 Å². The lowest BCUT2D eigenvalue weighted by molar-refractivity contribution is -0.121. The van der Waals surface area contributed by atoms with Crippen LogP contribution in [0.25, 0.3) is 0 Å². The number of halogens is 1. The maximum absolute atomic E-state index is 12.6. The molecule has 1 atom stereocenters. The van der Waals surface area contributed by atoms with Crippen molar-refractivity contribution in [3.8, 4) is 0 Å². The van der Waals surface area contributed by atoms with Crippen molar-refractivity contribution < 1.29 is 13.2 Å². The van der Waals surface area contributed by atoms with Gasteiger partial charge < -0.3 is 5.32 Å². The van der Waals surface area contributed by atoms with Crippen LogP contribution in [0.2, 0.25) is 5.02 Å². The van der Waals surface area contributed by atoms with Crippen LogP contribution in [-0.4, -0.2) is 33.2 Å². The molecule has 0 aliphatic carbocycles. The molecule has 2 aromatic rings. The maximum atomic E-state index is 12.6. The van der Waals surface area contributed by atoms with Crippen LogP contribution < -0.4 is 9.62 Å². The Morgan fingerprint density at radius 2 is 1.78 bits per heavy atom. The monoisotopic (exact) mass is 408 g/mol. The van der Waals surface area contributed by atoms with Crippen LogP contribution in [-0.2, 0) is 21.2 Å². The van der Waals surface area contributed by atoms with E-state index in [9.17, 15) is 13.2 Å². The second-order valence-corrected chi connectivity index (χ2v) is 8.99. The zero-order chi connectivity index (χ0) is 20.2. The molecule has 0 fully saturated rings. The molecule has 0 radical (unpaired) electrons. The number of sulfonamides is 1. The van der Waals surface area contributed by atoms with E-state index < -0.39 is 16.1 Å². The molecule has 1 N–H and O–H groups in total. The molecule has 0 aromatic heterocycles. The summed E-state index contributed by atoms with van der Waals surface area (Å²) in [4.78, 5) is 12.6. The van der Waals surface area contributed by atoms with Gasteiger partial charge in [-0.05, 0) is 62.1 Å². The van der Waals surface area contributed by atoms with Gasteiger partial charge in [-0.15, -0.1) is 0 Å². The number of benzene rings is 2. The van der Waals surface area contributed by atoms with Gasteiger partial charge in [-0.25, -0.2) is 8.42 Å².